The molecule has 0 aromatic carbocycles. The first-order valence-electron chi connectivity index (χ1n) is 7.97. The van der Waals surface area contributed by atoms with E-state index in [1.54, 1.807) is 6.92 Å². The van der Waals surface area contributed by atoms with E-state index in [2.05, 4.69) is 25.7 Å². The van der Waals surface area contributed by atoms with Crippen molar-refractivity contribution in [1.82, 2.24) is 5.32 Å². The predicted molar refractivity (Wildman–Crippen MR) is 83.4 cm³/mol. The van der Waals surface area contributed by atoms with Crippen LogP contribution in [0.4, 0.5) is 0 Å². The van der Waals surface area contributed by atoms with Gasteiger partial charge in [-0.05, 0) is 56.3 Å². The second kappa shape index (κ2) is 7.82. The molecule has 0 spiro atoms. The van der Waals surface area contributed by atoms with Gasteiger partial charge in [0.25, 0.3) is 0 Å². The lowest BCUT2D eigenvalue weighted by Crippen LogP contribution is -2.37. The van der Waals surface area contributed by atoms with Gasteiger partial charge in [-0.1, -0.05) is 19.4 Å². The summed E-state index contributed by atoms with van der Waals surface area (Å²) in [6, 6.07) is 0.213. The number of allylic oxidation sites excluding steroid dienone is 1. The van der Waals surface area contributed by atoms with Crippen molar-refractivity contribution in [2.75, 3.05) is 6.61 Å². The summed E-state index contributed by atoms with van der Waals surface area (Å²) >= 11 is 0. The third-order valence-electron chi connectivity index (χ3n) is 5.12. The number of aliphatic hydroxyl groups excluding tert-OH is 1. The van der Waals surface area contributed by atoms with Crippen LogP contribution < -0.4 is 5.32 Å². The molecule has 1 amide bonds. The maximum Gasteiger partial charge on any atom is 0.217 e. The molecule has 116 valence electrons. The van der Waals surface area contributed by atoms with Gasteiger partial charge in [0.05, 0.1) is 0 Å². The molecule has 0 aromatic heterocycles. The highest BCUT2D eigenvalue weighted by molar-refractivity contribution is 5.73. The quantitative estimate of drug-likeness (QED) is 0.671. The van der Waals surface area contributed by atoms with Crippen molar-refractivity contribution < 1.29 is 9.90 Å². The number of rotatable bonds is 8. The van der Waals surface area contributed by atoms with E-state index < -0.39 is 0 Å². The Kier molecular flexibility index (Phi) is 6.74. The van der Waals surface area contributed by atoms with Crippen molar-refractivity contribution in [1.29, 1.82) is 0 Å². The zero-order valence-electron chi connectivity index (χ0n) is 13.3. The molecule has 3 nitrogen and oxygen atoms in total. The number of hydrogen-bond acceptors (Lipinski definition) is 2. The maximum absolute atomic E-state index is 11.2. The highest BCUT2D eigenvalue weighted by Gasteiger charge is 2.37. The third kappa shape index (κ3) is 4.62. The van der Waals surface area contributed by atoms with Gasteiger partial charge in [0.15, 0.2) is 0 Å². The number of carbonyl (C=O) groups excluding carboxylic acids is 1. The molecule has 2 N–H and O–H groups in total. The van der Waals surface area contributed by atoms with Gasteiger partial charge >= 0.3 is 0 Å². The normalized spacial score (nSPS) is 28.9. The van der Waals surface area contributed by atoms with Crippen LogP contribution in [0, 0.1) is 17.3 Å². The average Bonchev–Trinajstić information content (AvgIpc) is 2.83. The van der Waals surface area contributed by atoms with E-state index in [4.69, 9.17) is 0 Å². The number of amides is 1. The predicted octanol–water partition coefficient (Wildman–Crippen LogP) is 3.28. The van der Waals surface area contributed by atoms with Gasteiger partial charge in [-0.3, -0.25) is 4.79 Å². The Morgan fingerprint density at radius 3 is 2.75 bits per heavy atom. The lowest BCUT2D eigenvalue weighted by atomic mass is 9.78. The molecule has 4 atom stereocenters. The Hall–Kier alpha value is -0.830. The molecule has 4 unspecified atom stereocenters. The molecule has 0 heterocycles. The highest BCUT2D eigenvalue weighted by atomic mass is 16.3. The van der Waals surface area contributed by atoms with E-state index in [9.17, 15) is 9.90 Å². The van der Waals surface area contributed by atoms with Crippen LogP contribution in [0.3, 0.4) is 0 Å². The molecule has 1 aliphatic rings. The molecule has 0 radical (unpaired) electrons. The summed E-state index contributed by atoms with van der Waals surface area (Å²) in [5.41, 5.74) is 0.0855. The van der Waals surface area contributed by atoms with Gasteiger partial charge in [-0.15, -0.1) is 6.58 Å². The number of hydrogen-bond donors (Lipinski definition) is 2. The molecule has 0 bridgehead atoms. The minimum atomic E-state index is 0.0420. The van der Waals surface area contributed by atoms with Gasteiger partial charge < -0.3 is 10.4 Å². The van der Waals surface area contributed by atoms with Crippen LogP contribution in [-0.2, 0) is 4.79 Å². The lowest BCUT2D eigenvalue weighted by molar-refractivity contribution is -0.119. The Morgan fingerprint density at radius 1 is 1.60 bits per heavy atom. The van der Waals surface area contributed by atoms with Crippen molar-refractivity contribution in [2.24, 2.45) is 17.3 Å². The van der Waals surface area contributed by atoms with Crippen LogP contribution in [0.5, 0.6) is 0 Å². The monoisotopic (exact) mass is 281 g/mol. The fraction of sp³-hybridized carbons (Fsp3) is 0.824. The summed E-state index contributed by atoms with van der Waals surface area (Å²) < 4.78 is 0. The zero-order valence-corrected chi connectivity index (χ0v) is 13.3. The molecule has 1 fully saturated rings. The van der Waals surface area contributed by atoms with Crippen LogP contribution in [0.25, 0.3) is 0 Å². The number of carbonyl (C=O) groups is 1. The molecule has 0 aromatic rings. The standard InChI is InChI=1S/C17H31NO2/c1-5-15-7-9-17(11-15,12-19)10-8-16(6-2)13(3)18-14(4)20/h5,13,15-16,19H,1,6-12H2,2-4H3,(H,18,20). The third-order valence-corrected chi connectivity index (χ3v) is 5.12. The van der Waals surface area contributed by atoms with E-state index in [-0.39, 0.29) is 24.0 Å². The van der Waals surface area contributed by atoms with E-state index >= 15 is 0 Å². The van der Waals surface area contributed by atoms with Gasteiger partial charge in [0, 0.05) is 19.6 Å². The van der Waals surface area contributed by atoms with Crippen molar-refractivity contribution in [3.63, 3.8) is 0 Å². The molecule has 3 heteroatoms. The molecule has 20 heavy (non-hydrogen) atoms. The smallest absolute Gasteiger partial charge is 0.217 e. The van der Waals surface area contributed by atoms with E-state index in [0.717, 1.165) is 38.5 Å². The zero-order chi connectivity index (χ0) is 15.2. The SMILES string of the molecule is C=CC1CCC(CO)(CCC(CC)C(C)NC(C)=O)C1. The Balaban J connectivity index is 2.53. The second-order valence-corrected chi connectivity index (χ2v) is 6.59. The second-order valence-electron chi connectivity index (χ2n) is 6.59. The van der Waals surface area contributed by atoms with Crippen LogP contribution in [0.1, 0.15) is 59.3 Å². The average molecular weight is 281 g/mol. The first kappa shape index (κ1) is 17.2. The van der Waals surface area contributed by atoms with Crippen molar-refractivity contribution in [2.45, 2.75) is 65.3 Å². The Labute approximate surface area is 123 Å². The summed E-state index contributed by atoms with van der Waals surface area (Å²) in [4.78, 5) is 11.2. The van der Waals surface area contributed by atoms with Crippen LogP contribution >= 0.6 is 0 Å². The van der Waals surface area contributed by atoms with Gasteiger partial charge in [0.1, 0.15) is 0 Å². The number of nitrogens with one attached hydrogen (secondary N) is 1. The number of aliphatic hydroxyl groups is 1. The minimum absolute atomic E-state index is 0.0420. The minimum Gasteiger partial charge on any atom is -0.396 e. The van der Waals surface area contributed by atoms with Crippen molar-refractivity contribution >= 4 is 5.91 Å². The van der Waals surface area contributed by atoms with Gasteiger partial charge in [-0.25, -0.2) is 0 Å². The molecule has 1 aliphatic carbocycles. The van der Waals surface area contributed by atoms with E-state index in [1.807, 2.05) is 6.08 Å². The van der Waals surface area contributed by atoms with Crippen LogP contribution in [0.15, 0.2) is 12.7 Å². The molecule has 1 rings (SSSR count). The van der Waals surface area contributed by atoms with Gasteiger partial charge in [-0.2, -0.15) is 0 Å². The van der Waals surface area contributed by atoms with Crippen LogP contribution in [-0.4, -0.2) is 23.7 Å². The van der Waals surface area contributed by atoms with Crippen molar-refractivity contribution in [3.05, 3.63) is 12.7 Å². The summed E-state index contributed by atoms with van der Waals surface area (Å²) in [6.07, 6.45) is 8.55. The lowest BCUT2D eigenvalue weighted by Gasteiger charge is -2.31. The first-order chi connectivity index (χ1) is 9.46. The summed E-state index contributed by atoms with van der Waals surface area (Å²) in [5, 5.41) is 12.8. The van der Waals surface area contributed by atoms with Crippen LogP contribution in [0.2, 0.25) is 0 Å². The summed E-state index contributed by atoms with van der Waals surface area (Å²) in [7, 11) is 0. The maximum atomic E-state index is 11.2. The highest BCUT2D eigenvalue weighted by Crippen LogP contribution is 2.46. The van der Waals surface area contributed by atoms with E-state index in [1.165, 1.54) is 0 Å². The molecular formula is C17H31NO2. The first-order valence-corrected chi connectivity index (χ1v) is 7.97. The molecule has 0 saturated heterocycles. The van der Waals surface area contributed by atoms with Crippen molar-refractivity contribution in [3.8, 4) is 0 Å². The fourth-order valence-electron chi connectivity index (χ4n) is 3.64. The summed E-state index contributed by atoms with van der Waals surface area (Å²) in [6.45, 7) is 10.0. The topological polar surface area (TPSA) is 49.3 Å². The van der Waals surface area contributed by atoms with E-state index in [0.29, 0.717) is 11.8 Å². The molecular weight excluding hydrogens is 250 g/mol. The summed E-state index contributed by atoms with van der Waals surface area (Å²) in [5.74, 6) is 1.10. The van der Waals surface area contributed by atoms with Gasteiger partial charge in [0.2, 0.25) is 5.91 Å². The Morgan fingerprint density at radius 2 is 2.30 bits per heavy atom. The molecule has 1 saturated carbocycles. The Bertz CT molecular complexity index is 329. The largest absolute Gasteiger partial charge is 0.396 e. The fourth-order valence-corrected chi connectivity index (χ4v) is 3.64. The molecule has 0 aliphatic heterocycles.